The molecule has 0 aliphatic heterocycles. The molecular formula is C75H146O17P2. The van der Waals surface area contributed by atoms with Gasteiger partial charge in [0, 0.05) is 25.7 Å². The molecule has 0 fully saturated rings. The Bertz CT molecular complexity index is 1840. The molecule has 0 rings (SSSR count). The number of phosphoric ester groups is 2. The highest BCUT2D eigenvalue weighted by molar-refractivity contribution is 7.47. The lowest BCUT2D eigenvalue weighted by atomic mass is 10.0. The normalized spacial score (nSPS) is 14.1. The van der Waals surface area contributed by atoms with Crippen LogP contribution in [0.2, 0.25) is 0 Å². The maximum atomic E-state index is 13.1. The lowest BCUT2D eigenvalue weighted by molar-refractivity contribution is -0.161. The minimum absolute atomic E-state index is 0.105. The van der Waals surface area contributed by atoms with Gasteiger partial charge >= 0.3 is 39.5 Å². The summed E-state index contributed by atoms with van der Waals surface area (Å²) in [6.07, 6.45) is 51.6. The lowest BCUT2D eigenvalue weighted by Gasteiger charge is -2.21. The van der Waals surface area contributed by atoms with E-state index < -0.39 is 97.5 Å². The predicted molar refractivity (Wildman–Crippen MR) is 381 cm³/mol. The van der Waals surface area contributed by atoms with Crippen LogP contribution in [0.4, 0.5) is 0 Å². The fraction of sp³-hybridized carbons (Fsp3) is 0.947. The predicted octanol–water partition coefficient (Wildman–Crippen LogP) is 21.8. The van der Waals surface area contributed by atoms with Crippen LogP contribution in [0, 0.1) is 17.8 Å². The quantitative estimate of drug-likeness (QED) is 0.0222. The van der Waals surface area contributed by atoms with Crippen molar-refractivity contribution >= 4 is 39.5 Å². The molecule has 0 amide bonds. The fourth-order valence-corrected chi connectivity index (χ4v) is 13.0. The van der Waals surface area contributed by atoms with Crippen molar-refractivity contribution in [3.63, 3.8) is 0 Å². The van der Waals surface area contributed by atoms with E-state index in [0.29, 0.717) is 31.6 Å². The topological polar surface area (TPSA) is 237 Å². The molecule has 0 aromatic rings. The van der Waals surface area contributed by atoms with Gasteiger partial charge in [-0.3, -0.25) is 37.3 Å². The van der Waals surface area contributed by atoms with Gasteiger partial charge in [0.05, 0.1) is 26.4 Å². The summed E-state index contributed by atoms with van der Waals surface area (Å²) in [7, 11) is -9.91. The summed E-state index contributed by atoms with van der Waals surface area (Å²) in [6.45, 7) is 11.8. The largest absolute Gasteiger partial charge is 0.472 e. The molecule has 0 aliphatic rings. The van der Waals surface area contributed by atoms with Crippen LogP contribution in [0.25, 0.3) is 0 Å². The summed E-state index contributed by atoms with van der Waals surface area (Å²) in [5, 5.41) is 10.6. The van der Waals surface area contributed by atoms with E-state index in [1.54, 1.807) is 0 Å². The zero-order valence-corrected chi connectivity index (χ0v) is 63.2. The van der Waals surface area contributed by atoms with Gasteiger partial charge in [0.1, 0.15) is 19.3 Å². The molecule has 0 aromatic heterocycles. The first-order chi connectivity index (χ1) is 45.2. The molecular weight excluding hydrogens is 1230 g/mol. The number of rotatable bonds is 73. The van der Waals surface area contributed by atoms with E-state index in [-0.39, 0.29) is 25.7 Å². The van der Waals surface area contributed by atoms with E-state index >= 15 is 0 Å². The molecule has 0 saturated heterocycles. The summed E-state index contributed by atoms with van der Waals surface area (Å²) in [5.74, 6) is 0.149. The minimum Gasteiger partial charge on any atom is -0.462 e. The van der Waals surface area contributed by atoms with Gasteiger partial charge in [0.25, 0.3) is 0 Å². The average molecular weight is 1380 g/mol. The molecule has 0 bridgehead atoms. The second-order valence-corrected chi connectivity index (χ2v) is 31.4. The van der Waals surface area contributed by atoms with E-state index in [9.17, 15) is 43.2 Å². The Hall–Kier alpha value is -1.94. The maximum absolute atomic E-state index is 13.1. The van der Waals surface area contributed by atoms with Crippen molar-refractivity contribution in [3.05, 3.63) is 0 Å². The molecule has 2 unspecified atom stereocenters. The highest BCUT2D eigenvalue weighted by Crippen LogP contribution is 2.45. The molecule has 0 saturated carbocycles. The van der Waals surface area contributed by atoms with Gasteiger partial charge < -0.3 is 33.8 Å². The van der Waals surface area contributed by atoms with Gasteiger partial charge in [-0.1, -0.05) is 331 Å². The molecule has 94 heavy (non-hydrogen) atoms. The third kappa shape index (κ3) is 68.6. The molecule has 0 heterocycles. The summed E-state index contributed by atoms with van der Waals surface area (Å²) in [4.78, 5) is 72.6. The van der Waals surface area contributed by atoms with Crippen LogP contribution in [-0.2, 0) is 65.4 Å². The number of hydrogen-bond donors (Lipinski definition) is 3. The van der Waals surface area contributed by atoms with Gasteiger partial charge in [0.2, 0.25) is 0 Å². The van der Waals surface area contributed by atoms with Gasteiger partial charge in [0.15, 0.2) is 12.2 Å². The molecule has 3 N–H and O–H groups in total. The lowest BCUT2D eigenvalue weighted by Crippen LogP contribution is -2.30. The Morgan fingerprint density at radius 2 is 0.489 bits per heavy atom. The number of unbranched alkanes of at least 4 members (excludes halogenated alkanes) is 41. The van der Waals surface area contributed by atoms with Gasteiger partial charge in [-0.25, -0.2) is 9.13 Å². The zero-order valence-electron chi connectivity index (χ0n) is 61.4. The number of aliphatic hydroxyl groups excluding tert-OH is 1. The van der Waals surface area contributed by atoms with Crippen LogP contribution >= 0.6 is 15.6 Å². The third-order valence-corrected chi connectivity index (χ3v) is 19.3. The molecule has 17 nitrogen and oxygen atoms in total. The third-order valence-electron chi connectivity index (χ3n) is 17.4. The first-order valence-corrected chi connectivity index (χ1v) is 41.8. The average Bonchev–Trinajstić information content (AvgIpc) is 1.52. The number of carbonyl (C=O) groups is 4. The van der Waals surface area contributed by atoms with Crippen molar-refractivity contribution < 1.29 is 80.2 Å². The highest BCUT2D eigenvalue weighted by atomic mass is 31.2. The summed E-state index contributed by atoms with van der Waals surface area (Å²) >= 11 is 0. The number of hydrogen-bond acceptors (Lipinski definition) is 15. The zero-order chi connectivity index (χ0) is 69.4. The monoisotopic (exact) mass is 1380 g/mol. The van der Waals surface area contributed by atoms with Crippen LogP contribution in [0.3, 0.4) is 0 Å². The standard InChI is InChI=1S/C75H146O17P2/c1-8-9-10-11-12-13-29-35-44-51-58-74(79)92-71(63-86-73(78)57-50-43-38-37-41-48-55-68(6)7)65-90-94(83,84)88-61-69(76)60-87-93(81,82)89-64-70(62-85-72(77)56-49-42-34-30-26-22-24-28-33-40-47-54-67(4)5)91-75(80)59-52-45-36-31-25-21-19-17-15-14-16-18-20-23-27-32-39-46-53-66(2)3/h66-71,76H,8-65H2,1-7H3,(H,81,82)(H,83,84)/t69-,70-,71-/m1/s1. The first kappa shape index (κ1) is 92.1. The summed E-state index contributed by atoms with van der Waals surface area (Å²) in [6, 6.07) is 0. The number of phosphoric acid groups is 2. The van der Waals surface area contributed by atoms with Crippen molar-refractivity contribution in [2.75, 3.05) is 39.6 Å². The molecule has 5 atom stereocenters. The number of esters is 4. The molecule has 19 heteroatoms. The van der Waals surface area contributed by atoms with Gasteiger partial charge in [-0.15, -0.1) is 0 Å². The van der Waals surface area contributed by atoms with E-state index in [4.69, 9.17) is 37.0 Å². The number of ether oxygens (including phenoxy) is 4. The van der Waals surface area contributed by atoms with Crippen molar-refractivity contribution in [1.29, 1.82) is 0 Å². The van der Waals surface area contributed by atoms with Crippen LogP contribution in [0.5, 0.6) is 0 Å². The van der Waals surface area contributed by atoms with Crippen molar-refractivity contribution in [3.8, 4) is 0 Å². The van der Waals surface area contributed by atoms with Crippen LogP contribution in [0.1, 0.15) is 382 Å². The fourth-order valence-electron chi connectivity index (χ4n) is 11.4. The molecule has 0 aromatic carbocycles. The van der Waals surface area contributed by atoms with E-state index in [0.717, 1.165) is 108 Å². The Balaban J connectivity index is 5.18. The smallest absolute Gasteiger partial charge is 0.462 e. The Morgan fingerprint density at radius 1 is 0.287 bits per heavy atom. The summed E-state index contributed by atoms with van der Waals surface area (Å²) < 4.78 is 68.4. The van der Waals surface area contributed by atoms with Crippen LogP contribution < -0.4 is 0 Å². The van der Waals surface area contributed by atoms with Crippen molar-refractivity contribution in [2.45, 2.75) is 401 Å². The van der Waals surface area contributed by atoms with Gasteiger partial charge in [-0.2, -0.15) is 0 Å². The van der Waals surface area contributed by atoms with E-state index in [1.807, 2.05) is 0 Å². The van der Waals surface area contributed by atoms with Crippen LogP contribution in [-0.4, -0.2) is 96.7 Å². The second-order valence-electron chi connectivity index (χ2n) is 28.5. The van der Waals surface area contributed by atoms with E-state index in [1.165, 1.54) is 186 Å². The SMILES string of the molecule is CCCCCCCCCCCCC(=O)O[C@H](COC(=O)CCCCCCCCC(C)C)COP(=O)(O)OC[C@H](O)COP(=O)(O)OC[C@@H](COC(=O)CCCCCCCCCCCCCC(C)C)OC(=O)CCCCCCCCCCCCCCCCCCCCC(C)C. The molecule has 0 radical (unpaired) electrons. The van der Waals surface area contributed by atoms with E-state index in [2.05, 4.69) is 48.5 Å². The Kier molecular flexibility index (Phi) is 64.3. The van der Waals surface area contributed by atoms with Gasteiger partial charge in [-0.05, 0) is 43.4 Å². The van der Waals surface area contributed by atoms with Crippen molar-refractivity contribution in [2.24, 2.45) is 17.8 Å². The number of carbonyl (C=O) groups excluding carboxylic acids is 4. The number of aliphatic hydroxyl groups is 1. The maximum Gasteiger partial charge on any atom is 0.472 e. The van der Waals surface area contributed by atoms with Crippen molar-refractivity contribution in [1.82, 2.24) is 0 Å². The Morgan fingerprint density at radius 3 is 0.723 bits per heavy atom. The molecule has 0 spiro atoms. The second kappa shape index (κ2) is 65.7. The van der Waals surface area contributed by atoms with Crippen LogP contribution in [0.15, 0.2) is 0 Å². The molecule has 558 valence electrons. The highest BCUT2D eigenvalue weighted by Gasteiger charge is 2.30. The Labute approximate surface area is 575 Å². The minimum atomic E-state index is -4.96. The first-order valence-electron chi connectivity index (χ1n) is 38.8. The summed E-state index contributed by atoms with van der Waals surface area (Å²) in [5.41, 5.74) is 0. The molecule has 0 aliphatic carbocycles.